The molecule has 0 aromatic rings. The van der Waals surface area contributed by atoms with E-state index >= 15 is 0 Å². The Bertz CT molecular complexity index is 341. The highest BCUT2D eigenvalue weighted by Crippen LogP contribution is 2.84. The van der Waals surface area contributed by atoms with Crippen LogP contribution < -0.4 is 0 Å². The van der Waals surface area contributed by atoms with Gasteiger partial charge in [0.05, 0.1) is 6.61 Å². The normalized spacial score (nSPS) is 58.8. The van der Waals surface area contributed by atoms with Gasteiger partial charge >= 0.3 is 0 Å². The van der Waals surface area contributed by atoms with Gasteiger partial charge in [0.1, 0.15) is 0 Å². The SMILES string of the molecule is C[C@@]12CCC=C1[C@]13CCOC[C@]1(C2)C3. The Morgan fingerprint density at radius 1 is 1.29 bits per heavy atom. The van der Waals surface area contributed by atoms with Gasteiger partial charge in [0.25, 0.3) is 0 Å². The second-order valence-corrected chi connectivity index (χ2v) is 6.24. The number of rotatable bonds is 0. The highest BCUT2D eigenvalue weighted by Gasteiger charge is 2.77. The first-order valence-electron chi connectivity index (χ1n) is 6.00. The molecule has 3 aliphatic carbocycles. The molecule has 0 spiro atoms. The molecule has 0 aromatic heterocycles. The lowest BCUT2D eigenvalue weighted by Gasteiger charge is -2.26. The van der Waals surface area contributed by atoms with E-state index in [9.17, 15) is 0 Å². The summed E-state index contributed by atoms with van der Waals surface area (Å²) in [7, 11) is 0. The highest BCUT2D eigenvalue weighted by atomic mass is 16.5. The molecule has 0 unspecified atom stereocenters. The largest absolute Gasteiger partial charge is 0.381 e. The van der Waals surface area contributed by atoms with Crippen LogP contribution in [0.15, 0.2) is 11.6 Å². The molecule has 1 nitrogen and oxygen atoms in total. The summed E-state index contributed by atoms with van der Waals surface area (Å²) >= 11 is 0. The molecule has 3 atom stereocenters. The third-order valence-corrected chi connectivity index (χ3v) is 5.52. The van der Waals surface area contributed by atoms with Gasteiger partial charge < -0.3 is 4.74 Å². The molecule has 0 N–H and O–H groups in total. The molecule has 1 aliphatic heterocycles. The summed E-state index contributed by atoms with van der Waals surface area (Å²) in [4.78, 5) is 0. The average Bonchev–Trinajstić information content (AvgIpc) is 2.54. The van der Waals surface area contributed by atoms with E-state index < -0.39 is 0 Å². The van der Waals surface area contributed by atoms with Crippen molar-refractivity contribution in [2.45, 2.75) is 39.0 Å². The van der Waals surface area contributed by atoms with Crippen LogP contribution in [0.25, 0.3) is 0 Å². The van der Waals surface area contributed by atoms with Crippen LogP contribution in [0.5, 0.6) is 0 Å². The molecule has 0 radical (unpaired) electrons. The monoisotopic (exact) mass is 190 g/mol. The molecule has 14 heavy (non-hydrogen) atoms. The summed E-state index contributed by atoms with van der Waals surface area (Å²) in [6, 6.07) is 0. The molecule has 0 aromatic carbocycles. The van der Waals surface area contributed by atoms with E-state index in [1.165, 1.54) is 32.1 Å². The highest BCUT2D eigenvalue weighted by molar-refractivity contribution is 5.45. The maximum Gasteiger partial charge on any atom is 0.0531 e. The second-order valence-electron chi connectivity index (χ2n) is 6.24. The Morgan fingerprint density at radius 2 is 2.21 bits per heavy atom. The van der Waals surface area contributed by atoms with Crippen molar-refractivity contribution in [2.24, 2.45) is 16.2 Å². The maximum absolute atomic E-state index is 5.71. The van der Waals surface area contributed by atoms with Crippen molar-refractivity contribution < 1.29 is 4.74 Å². The number of allylic oxidation sites excluding steroid dienone is 2. The fraction of sp³-hybridized carbons (Fsp3) is 0.846. The molecular weight excluding hydrogens is 172 g/mol. The number of hydrogen-bond acceptors (Lipinski definition) is 1. The molecule has 1 heteroatoms. The van der Waals surface area contributed by atoms with Crippen LogP contribution in [-0.4, -0.2) is 13.2 Å². The summed E-state index contributed by atoms with van der Waals surface area (Å²) < 4.78 is 5.71. The van der Waals surface area contributed by atoms with E-state index in [2.05, 4.69) is 13.0 Å². The smallest absolute Gasteiger partial charge is 0.0531 e. The van der Waals surface area contributed by atoms with Gasteiger partial charge in [0, 0.05) is 17.4 Å². The Kier molecular flexibility index (Phi) is 1.12. The van der Waals surface area contributed by atoms with Crippen LogP contribution in [0.3, 0.4) is 0 Å². The lowest BCUT2D eigenvalue weighted by molar-refractivity contribution is 0.0319. The zero-order valence-corrected chi connectivity index (χ0v) is 8.94. The van der Waals surface area contributed by atoms with E-state index in [1.807, 2.05) is 5.57 Å². The molecule has 76 valence electrons. The molecule has 4 rings (SSSR count). The van der Waals surface area contributed by atoms with Crippen molar-refractivity contribution in [3.63, 3.8) is 0 Å². The van der Waals surface area contributed by atoms with Gasteiger partial charge in [-0.3, -0.25) is 0 Å². The first-order chi connectivity index (χ1) is 6.71. The Hall–Kier alpha value is -0.300. The number of hydrogen-bond donors (Lipinski definition) is 0. The van der Waals surface area contributed by atoms with Crippen molar-refractivity contribution in [3.05, 3.63) is 11.6 Å². The van der Waals surface area contributed by atoms with Crippen LogP contribution in [0.4, 0.5) is 0 Å². The molecule has 4 aliphatic rings. The van der Waals surface area contributed by atoms with Gasteiger partial charge in [-0.25, -0.2) is 0 Å². The van der Waals surface area contributed by atoms with Crippen molar-refractivity contribution >= 4 is 0 Å². The summed E-state index contributed by atoms with van der Waals surface area (Å²) in [5, 5.41) is 0. The zero-order chi connectivity index (χ0) is 9.44. The van der Waals surface area contributed by atoms with Crippen LogP contribution in [0.2, 0.25) is 0 Å². The van der Waals surface area contributed by atoms with E-state index in [0.29, 0.717) is 16.2 Å². The quantitative estimate of drug-likeness (QED) is 0.534. The minimum atomic E-state index is 0.575. The molecule has 0 amide bonds. The van der Waals surface area contributed by atoms with Crippen molar-refractivity contribution in [2.75, 3.05) is 13.2 Å². The molecular formula is C13H18O. The minimum Gasteiger partial charge on any atom is -0.381 e. The summed E-state index contributed by atoms with van der Waals surface area (Å²) in [6.45, 7) is 4.56. The molecule has 2 saturated carbocycles. The second kappa shape index (κ2) is 1.97. The number of ether oxygens (including phenoxy) is 1. The van der Waals surface area contributed by atoms with E-state index in [0.717, 1.165) is 13.2 Å². The third kappa shape index (κ3) is 0.614. The fourth-order valence-corrected chi connectivity index (χ4v) is 5.01. The van der Waals surface area contributed by atoms with Crippen LogP contribution >= 0.6 is 0 Å². The fourth-order valence-electron chi connectivity index (χ4n) is 5.01. The van der Waals surface area contributed by atoms with Gasteiger partial charge in [-0.05, 0) is 37.5 Å². The topological polar surface area (TPSA) is 9.23 Å². The van der Waals surface area contributed by atoms with E-state index in [-0.39, 0.29) is 0 Å². The van der Waals surface area contributed by atoms with E-state index in [4.69, 9.17) is 4.74 Å². The van der Waals surface area contributed by atoms with Crippen LogP contribution in [0.1, 0.15) is 39.0 Å². The Labute approximate surface area is 85.5 Å². The Balaban J connectivity index is 1.86. The molecule has 1 saturated heterocycles. The first-order valence-corrected chi connectivity index (χ1v) is 6.00. The summed E-state index contributed by atoms with van der Waals surface area (Å²) in [5.41, 5.74) is 3.66. The predicted octanol–water partition coefficient (Wildman–Crippen LogP) is 2.91. The van der Waals surface area contributed by atoms with Gasteiger partial charge in [-0.1, -0.05) is 18.6 Å². The zero-order valence-electron chi connectivity index (χ0n) is 8.94. The first kappa shape index (κ1) is 7.92. The third-order valence-electron chi connectivity index (χ3n) is 5.52. The lowest BCUT2D eigenvalue weighted by atomic mass is 9.78. The van der Waals surface area contributed by atoms with Gasteiger partial charge in [-0.2, -0.15) is 0 Å². The van der Waals surface area contributed by atoms with Crippen molar-refractivity contribution in [1.29, 1.82) is 0 Å². The van der Waals surface area contributed by atoms with Crippen LogP contribution in [0, 0.1) is 16.2 Å². The standard InChI is InChI=1S/C13H18O/c1-11-4-2-3-10(11)13-5-6-14-9-12(13,7-11)8-13/h3H,2,4-9H2,1H3/t11-,12-,13+/m0/s1. The van der Waals surface area contributed by atoms with Crippen LogP contribution in [-0.2, 0) is 4.74 Å². The van der Waals surface area contributed by atoms with Gasteiger partial charge in [-0.15, -0.1) is 0 Å². The minimum absolute atomic E-state index is 0.575. The number of fused-ring (bicyclic) bond motifs is 1. The predicted molar refractivity (Wildman–Crippen MR) is 55.0 cm³/mol. The van der Waals surface area contributed by atoms with Crippen molar-refractivity contribution in [3.8, 4) is 0 Å². The van der Waals surface area contributed by atoms with E-state index in [1.54, 1.807) is 0 Å². The Morgan fingerprint density at radius 3 is 3.14 bits per heavy atom. The maximum atomic E-state index is 5.71. The summed E-state index contributed by atoms with van der Waals surface area (Å²) in [6.07, 6.45) is 9.50. The van der Waals surface area contributed by atoms with Gasteiger partial charge in [0.15, 0.2) is 0 Å². The molecule has 0 bridgehead atoms. The van der Waals surface area contributed by atoms with Crippen molar-refractivity contribution in [1.82, 2.24) is 0 Å². The van der Waals surface area contributed by atoms with Gasteiger partial charge in [0.2, 0.25) is 0 Å². The molecule has 3 fully saturated rings. The average molecular weight is 190 g/mol. The lowest BCUT2D eigenvalue weighted by Crippen LogP contribution is -2.23. The summed E-state index contributed by atoms with van der Waals surface area (Å²) in [5.74, 6) is 0. The molecule has 1 heterocycles.